The summed E-state index contributed by atoms with van der Waals surface area (Å²) < 4.78 is 72.0. The number of alkyl halides is 6. The maximum absolute atomic E-state index is 12.2. The normalized spacial score (nSPS) is 11.6. The lowest BCUT2D eigenvalue weighted by atomic mass is 10.1. The Hall–Kier alpha value is -1.98. The molecule has 6 heteroatoms. The van der Waals surface area contributed by atoms with Crippen molar-refractivity contribution in [3.63, 3.8) is 0 Å². The zero-order valence-electron chi connectivity index (χ0n) is 11.9. The number of benzene rings is 2. The maximum atomic E-state index is 12.2. The molecule has 0 fully saturated rings. The van der Waals surface area contributed by atoms with Crippen LogP contribution in [0.5, 0.6) is 0 Å². The summed E-state index contributed by atoms with van der Waals surface area (Å²) in [5, 5.41) is 0. The predicted octanol–water partition coefficient (Wildman–Crippen LogP) is 6.03. The molecule has 120 valence electrons. The molecule has 0 saturated carbocycles. The summed E-state index contributed by atoms with van der Waals surface area (Å²) in [4.78, 5) is 0. The van der Waals surface area contributed by atoms with Crippen LogP contribution < -0.4 is 0 Å². The van der Waals surface area contributed by atoms with E-state index in [0.717, 1.165) is 18.2 Å². The number of hydrogen-bond donors (Lipinski definition) is 0. The third-order valence-corrected chi connectivity index (χ3v) is 2.80. The summed E-state index contributed by atoms with van der Waals surface area (Å²) in [6.07, 6.45) is -8.43. The third-order valence-electron chi connectivity index (χ3n) is 2.80. The molecule has 0 N–H and O–H groups in total. The molecule has 0 heterocycles. The minimum Gasteiger partial charge on any atom is -0.166 e. The van der Waals surface area contributed by atoms with Crippen LogP contribution in [0.4, 0.5) is 26.3 Å². The molecular weight excluding hydrogens is 306 g/mol. The van der Waals surface area contributed by atoms with Crippen LogP contribution in [-0.2, 0) is 12.4 Å². The fourth-order valence-electron chi connectivity index (χ4n) is 1.67. The van der Waals surface area contributed by atoms with Gasteiger partial charge in [-0.15, -0.1) is 0 Å². The number of hydrogen-bond acceptors (Lipinski definition) is 0. The van der Waals surface area contributed by atoms with E-state index in [1.54, 1.807) is 19.1 Å². The van der Waals surface area contributed by atoms with Gasteiger partial charge >= 0.3 is 12.4 Å². The standard InChI is InChI=1S/C9H9F3.C7H5F3/c1-6-3-4-7(2)8(5-6)9(10,11)12;8-7(9,10)6-4-2-1-3-5-6/h3-5H,1-2H3;1-5H. The van der Waals surface area contributed by atoms with E-state index in [0.29, 0.717) is 5.56 Å². The molecule has 0 radical (unpaired) electrons. The van der Waals surface area contributed by atoms with Gasteiger partial charge in [-0.25, -0.2) is 0 Å². The molecule has 0 nitrogen and oxygen atoms in total. The number of rotatable bonds is 0. The molecule has 0 saturated heterocycles. The van der Waals surface area contributed by atoms with Gasteiger partial charge < -0.3 is 0 Å². The van der Waals surface area contributed by atoms with Gasteiger partial charge in [-0.1, -0.05) is 48.0 Å². The lowest BCUT2D eigenvalue weighted by Crippen LogP contribution is -2.07. The fourth-order valence-corrected chi connectivity index (χ4v) is 1.67. The van der Waals surface area contributed by atoms with Crippen molar-refractivity contribution >= 4 is 0 Å². The first-order valence-corrected chi connectivity index (χ1v) is 6.28. The second-order valence-electron chi connectivity index (χ2n) is 4.68. The molecule has 2 rings (SSSR count). The largest absolute Gasteiger partial charge is 0.416 e. The summed E-state index contributed by atoms with van der Waals surface area (Å²) in [7, 11) is 0. The second kappa shape index (κ2) is 6.85. The van der Waals surface area contributed by atoms with Gasteiger partial charge in [0.15, 0.2) is 0 Å². The SMILES string of the molecule is Cc1ccc(C)c(C(F)(F)F)c1.FC(F)(F)c1ccccc1. The van der Waals surface area contributed by atoms with E-state index in [1.165, 1.54) is 25.1 Å². The summed E-state index contributed by atoms with van der Waals surface area (Å²) in [5.41, 5.74) is -0.237. The molecule has 22 heavy (non-hydrogen) atoms. The molecule has 0 amide bonds. The predicted molar refractivity (Wildman–Crippen MR) is 72.4 cm³/mol. The van der Waals surface area contributed by atoms with E-state index < -0.39 is 23.5 Å². The Kier molecular flexibility index (Phi) is 5.63. The van der Waals surface area contributed by atoms with Crippen molar-refractivity contribution in [2.24, 2.45) is 0 Å². The quantitative estimate of drug-likeness (QED) is 0.520. The van der Waals surface area contributed by atoms with Gasteiger partial charge in [0, 0.05) is 0 Å². The van der Waals surface area contributed by atoms with Crippen molar-refractivity contribution in [2.75, 3.05) is 0 Å². The van der Waals surface area contributed by atoms with E-state index in [9.17, 15) is 26.3 Å². The highest BCUT2D eigenvalue weighted by Gasteiger charge is 2.32. The monoisotopic (exact) mass is 320 g/mol. The van der Waals surface area contributed by atoms with Crippen molar-refractivity contribution in [1.82, 2.24) is 0 Å². The van der Waals surface area contributed by atoms with Crippen LogP contribution in [0.2, 0.25) is 0 Å². The van der Waals surface area contributed by atoms with E-state index in [1.807, 2.05) is 0 Å². The van der Waals surface area contributed by atoms with Crippen molar-refractivity contribution in [2.45, 2.75) is 26.2 Å². The maximum Gasteiger partial charge on any atom is 0.416 e. The molecule has 0 bridgehead atoms. The van der Waals surface area contributed by atoms with Crippen LogP contribution in [-0.4, -0.2) is 0 Å². The molecule has 0 atom stereocenters. The van der Waals surface area contributed by atoms with Crippen LogP contribution in [0.15, 0.2) is 48.5 Å². The Labute approximate surface area is 124 Å². The highest BCUT2D eigenvalue weighted by molar-refractivity contribution is 5.32. The van der Waals surface area contributed by atoms with Crippen molar-refractivity contribution < 1.29 is 26.3 Å². The van der Waals surface area contributed by atoms with E-state index in [4.69, 9.17) is 0 Å². The average molecular weight is 320 g/mol. The van der Waals surface area contributed by atoms with Crippen molar-refractivity contribution in [1.29, 1.82) is 0 Å². The Bertz CT molecular complexity index is 596. The Balaban J connectivity index is 0.000000224. The Morgan fingerprint density at radius 3 is 1.59 bits per heavy atom. The lowest BCUT2D eigenvalue weighted by Gasteiger charge is -2.10. The van der Waals surface area contributed by atoms with Crippen molar-refractivity contribution in [3.8, 4) is 0 Å². The summed E-state index contributed by atoms with van der Waals surface area (Å²) in [5.74, 6) is 0. The highest BCUT2D eigenvalue weighted by atomic mass is 19.4. The topological polar surface area (TPSA) is 0 Å². The third kappa shape index (κ3) is 5.42. The molecule has 0 aliphatic rings. The van der Waals surface area contributed by atoms with Gasteiger partial charge in [0.2, 0.25) is 0 Å². The van der Waals surface area contributed by atoms with Gasteiger partial charge in [0.25, 0.3) is 0 Å². The van der Waals surface area contributed by atoms with Gasteiger partial charge in [0.05, 0.1) is 11.1 Å². The minimum absolute atomic E-state index is 0.271. The van der Waals surface area contributed by atoms with Crippen LogP contribution in [0, 0.1) is 13.8 Å². The van der Waals surface area contributed by atoms with E-state index >= 15 is 0 Å². The Morgan fingerprint density at radius 2 is 1.23 bits per heavy atom. The van der Waals surface area contributed by atoms with Crippen molar-refractivity contribution in [3.05, 3.63) is 70.8 Å². The number of aryl methyl sites for hydroxylation is 2. The first-order chi connectivity index (χ1) is 10.0. The molecule has 0 aliphatic carbocycles. The zero-order valence-corrected chi connectivity index (χ0v) is 11.9. The van der Waals surface area contributed by atoms with E-state index in [2.05, 4.69) is 0 Å². The lowest BCUT2D eigenvalue weighted by molar-refractivity contribution is -0.138. The molecule has 0 aromatic heterocycles. The van der Waals surface area contributed by atoms with Crippen LogP contribution >= 0.6 is 0 Å². The van der Waals surface area contributed by atoms with Crippen LogP contribution in [0.25, 0.3) is 0 Å². The van der Waals surface area contributed by atoms with Gasteiger partial charge in [0.1, 0.15) is 0 Å². The van der Waals surface area contributed by atoms with Crippen LogP contribution in [0.1, 0.15) is 22.3 Å². The molecule has 0 unspecified atom stereocenters. The second-order valence-corrected chi connectivity index (χ2v) is 4.68. The molecular formula is C16H14F6. The average Bonchev–Trinajstić information content (AvgIpc) is 2.41. The van der Waals surface area contributed by atoms with Crippen LogP contribution in [0.3, 0.4) is 0 Å². The fraction of sp³-hybridized carbons (Fsp3) is 0.250. The first kappa shape index (κ1) is 18.1. The molecule has 0 spiro atoms. The van der Waals surface area contributed by atoms with Gasteiger partial charge in [-0.3, -0.25) is 0 Å². The summed E-state index contributed by atoms with van der Waals surface area (Å²) >= 11 is 0. The molecule has 2 aromatic rings. The minimum atomic E-state index is -4.23. The molecule has 0 aliphatic heterocycles. The zero-order chi connectivity index (χ0) is 17.0. The Morgan fingerprint density at radius 1 is 0.682 bits per heavy atom. The smallest absolute Gasteiger partial charge is 0.166 e. The van der Waals surface area contributed by atoms with Gasteiger partial charge in [-0.2, -0.15) is 26.3 Å². The summed E-state index contributed by atoms with van der Waals surface area (Å²) in [6.45, 7) is 3.11. The molecule has 2 aromatic carbocycles. The number of halogens is 6. The summed E-state index contributed by atoms with van der Waals surface area (Å²) in [6, 6.07) is 10.7. The highest BCUT2D eigenvalue weighted by Crippen LogP contribution is 2.32. The first-order valence-electron chi connectivity index (χ1n) is 6.28. The van der Waals surface area contributed by atoms with Gasteiger partial charge in [-0.05, 0) is 25.5 Å². The van der Waals surface area contributed by atoms with E-state index in [-0.39, 0.29) is 5.56 Å².